The number of ether oxygens (including phenoxy) is 1. The van der Waals surface area contributed by atoms with Gasteiger partial charge in [-0.05, 0) is 18.2 Å². The highest BCUT2D eigenvalue weighted by Crippen LogP contribution is 2.33. The molecule has 2 aliphatic heterocycles. The first-order valence-corrected chi connectivity index (χ1v) is 9.53. The Labute approximate surface area is 178 Å². The van der Waals surface area contributed by atoms with Gasteiger partial charge in [0.05, 0.1) is 29.6 Å². The second-order valence-electron chi connectivity index (χ2n) is 7.21. The zero-order chi connectivity index (χ0) is 23.0. The number of benzene rings is 1. The Bertz CT molecular complexity index is 1100. The van der Waals surface area contributed by atoms with Gasteiger partial charge in [0.2, 0.25) is 0 Å². The van der Waals surface area contributed by atoms with E-state index in [-0.39, 0.29) is 49.7 Å². The minimum atomic E-state index is -4.78. The first-order valence-electron chi connectivity index (χ1n) is 9.53. The van der Waals surface area contributed by atoms with Crippen LogP contribution in [-0.4, -0.2) is 53.8 Å². The van der Waals surface area contributed by atoms with Crippen molar-refractivity contribution in [2.75, 3.05) is 36.4 Å². The third-order valence-electron chi connectivity index (χ3n) is 5.11. The Morgan fingerprint density at radius 3 is 2.47 bits per heavy atom. The van der Waals surface area contributed by atoms with E-state index in [1.165, 1.54) is 23.2 Å². The van der Waals surface area contributed by atoms with Gasteiger partial charge in [-0.25, -0.2) is 4.39 Å². The minimum Gasteiger partial charge on any atom is -0.424 e. The molecule has 1 saturated heterocycles. The molecule has 2 amide bonds. The molecule has 0 saturated carbocycles. The fourth-order valence-corrected chi connectivity index (χ4v) is 3.48. The third-order valence-corrected chi connectivity index (χ3v) is 5.11. The maximum absolute atomic E-state index is 13.8. The van der Waals surface area contributed by atoms with Crippen LogP contribution in [0.4, 0.5) is 28.9 Å². The number of halogens is 4. The second kappa shape index (κ2) is 8.09. The number of fused-ring (bicyclic) bond motifs is 1. The van der Waals surface area contributed by atoms with Crippen molar-refractivity contribution in [1.29, 1.82) is 0 Å². The lowest BCUT2D eigenvalue weighted by molar-refractivity contribution is -0.143. The molecule has 168 valence electrons. The number of nitrogens with zero attached hydrogens (tertiary/aromatic N) is 3. The number of hydrogen-bond acceptors (Lipinski definition) is 6. The Kier molecular flexibility index (Phi) is 5.45. The summed E-state index contributed by atoms with van der Waals surface area (Å²) < 4.78 is 56.9. The molecule has 1 N–H and O–H groups in total. The highest BCUT2D eigenvalue weighted by atomic mass is 19.4. The molecule has 0 radical (unpaired) electrons. The molecule has 1 fully saturated rings. The minimum absolute atomic E-state index is 0.0373. The SMILES string of the molecule is O=C1Cc2ncc(NC(=O)C(=O)N3CCN(c4ccc(C(F)(F)F)c(F)c4)CC3)cc2O1. The average Bonchev–Trinajstić information content (AvgIpc) is 3.11. The average molecular weight is 452 g/mol. The van der Waals surface area contributed by atoms with Crippen molar-refractivity contribution in [2.24, 2.45) is 0 Å². The Morgan fingerprint density at radius 1 is 1.09 bits per heavy atom. The van der Waals surface area contributed by atoms with Crippen LogP contribution in [0.1, 0.15) is 11.3 Å². The molecule has 2 aliphatic rings. The monoisotopic (exact) mass is 452 g/mol. The summed E-state index contributed by atoms with van der Waals surface area (Å²) >= 11 is 0. The summed E-state index contributed by atoms with van der Waals surface area (Å²) in [4.78, 5) is 42.9. The van der Waals surface area contributed by atoms with Crippen LogP contribution in [0.25, 0.3) is 0 Å². The van der Waals surface area contributed by atoms with Gasteiger partial charge in [-0.2, -0.15) is 13.2 Å². The van der Waals surface area contributed by atoms with Gasteiger partial charge in [0.25, 0.3) is 0 Å². The molecule has 0 spiro atoms. The van der Waals surface area contributed by atoms with Gasteiger partial charge in [-0.15, -0.1) is 0 Å². The number of aromatic nitrogens is 1. The number of esters is 1. The molecule has 0 bridgehead atoms. The predicted octanol–water partition coefficient (Wildman–Crippen LogP) is 1.99. The standard InChI is InChI=1S/C20H16F4N4O4/c21-14-8-12(1-2-13(14)20(22,23)24)27-3-5-28(6-4-27)19(31)18(30)26-11-7-16-15(25-10-11)9-17(29)32-16/h1-2,7-8,10H,3-6,9H2,(H,26,30). The largest absolute Gasteiger partial charge is 0.424 e. The van der Waals surface area contributed by atoms with E-state index in [1.807, 2.05) is 0 Å². The molecule has 4 rings (SSSR count). The summed E-state index contributed by atoms with van der Waals surface area (Å²) in [6, 6.07) is 4.05. The molecule has 1 aromatic heterocycles. The number of carbonyl (C=O) groups is 3. The highest BCUT2D eigenvalue weighted by molar-refractivity contribution is 6.39. The maximum atomic E-state index is 13.8. The van der Waals surface area contributed by atoms with E-state index in [0.29, 0.717) is 11.8 Å². The van der Waals surface area contributed by atoms with Crippen molar-refractivity contribution in [3.05, 3.63) is 47.5 Å². The van der Waals surface area contributed by atoms with Crippen LogP contribution in [-0.2, 0) is 27.0 Å². The number of piperazine rings is 1. The number of nitrogens with one attached hydrogen (secondary N) is 1. The van der Waals surface area contributed by atoms with E-state index in [4.69, 9.17) is 4.74 Å². The third kappa shape index (κ3) is 4.34. The van der Waals surface area contributed by atoms with Crippen molar-refractivity contribution in [1.82, 2.24) is 9.88 Å². The molecule has 2 aromatic rings. The van der Waals surface area contributed by atoms with Gasteiger partial charge in [-0.3, -0.25) is 19.4 Å². The van der Waals surface area contributed by atoms with Gasteiger partial charge < -0.3 is 19.9 Å². The zero-order valence-corrected chi connectivity index (χ0v) is 16.4. The van der Waals surface area contributed by atoms with E-state index in [0.717, 1.165) is 6.07 Å². The summed E-state index contributed by atoms with van der Waals surface area (Å²) in [6.45, 7) is 0.657. The van der Waals surface area contributed by atoms with Gasteiger partial charge >= 0.3 is 24.0 Å². The number of alkyl halides is 3. The van der Waals surface area contributed by atoms with E-state index >= 15 is 0 Å². The first-order chi connectivity index (χ1) is 15.1. The van der Waals surface area contributed by atoms with E-state index < -0.39 is 35.3 Å². The number of carbonyl (C=O) groups excluding carboxylic acids is 3. The van der Waals surface area contributed by atoms with Crippen LogP contribution in [0.3, 0.4) is 0 Å². The van der Waals surface area contributed by atoms with Crippen LogP contribution in [0.2, 0.25) is 0 Å². The quantitative estimate of drug-likeness (QED) is 0.426. The van der Waals surface area contributed by atoms with Crippen LogP contribution >= 0.6 is 0 Å². The number of anilines is 2. The van der Waals surface area contributed by atoms with E-state index in [1.54, 1.807) is 4.90 Å². The molecular formula is C20H16F4N4O4. The van der Waals surface area contributed by atoms with Crippen LogP contribution in [0.15, 0.2) is 30.5 Å². The van der Waals surface area contributed by atoms with E-state index in [9.17, 15) is 31.9 Å². The molecule has 0 aliphatic carbocycles. The molecule has 12 heteroatoms. The number of hydrogen-bond donors (Lipinski definition) is 1. The molecule has 0 unspecified atom stereocenters. The van der Waals surface area contributed by atoms with Crippen molar-refractivity contribution >= 4 is 29.2 Å². The van der Waals surface area contributed by atoms with Gasteiger partial charge in [0.15, 0.2) is 5.75 Å². The number of rotatable bonds is 2. The zero-order valence-electron chi connectivity index (χ0n) is 16.4. The van der Waals surface area contributed by atoms with Crippen molar-refractivity contribution in [3.63, 3.8) is 0 Å². The lowest BCUT2D eigenvalue weighted by Crippen LogP contribution is -2.51. The van der Waals surface area contributed by atoms with Crippen LogP contribution < -0.4 is 15.0 Å². The van der Waals surface area contributed by atoms with Crippen molar-refractivity contribution in [2.45, 2.75) is 12.6 Å². The lowest BCUT2D eigenvalue weighted by Gasteiger charge is -2.35. The van der Waals surface area contributed by atoms with Gasteiger partial charge in [-0.1, -0.05) is 0 Å². The Morgan fingerprint density at radius 2 is 1.81 bits per heavy atom. The van der Waals surface area contributed by atoms with Gasteiger partial charge in [0, 0.05) is 37.9 Å². The summed E-state index contributed by atoms with van der Waals surface area (Å²) in [5.74, 6) is -3.33. The van der Waals surface area contributed by atoms with Crippen LogP contribution in [0.5, 0.6) is 5.75 Å². The molecule has 3 heterocycles. The highest BCUT2D eigenvalue weighted by Gasteiger charge is 2.34. The van der Waals surface area contributed by atoms with Crippen LogP contribution in [0, 0.1) is 5.82 Å². The Balaban J connectivity index is 1.34. The number of amides is 2. The summed E-state index contributed by atoms with van der Waals surface area (Å²) in [7, 11) is 0. The maximum Gasteiger partial charge on any atom is 0.419 e. The fraction of sp³-hybridized carbons (Fsp3) is 0.300. The summed E-state index contributed by atoms with van der Waals surface area (Å²) in [5.41, 5.74) is -0.459. The predicted molar refractivity (Wildman–Crippen MR) is 102 cm³/mol. The van der Waals surface area contributed by atoms with E-state index in [2.05, 4.69) is 10.3 Å². The van der Waals surface area contributed by atoms with Crippen molar-refractivity contribution < 1.29 is 36.7 Å². The first kappa shape index (κ1) is 21.5. The lowest BCUT2D eigenvalue weighted by atomic mass is 10.1. The molecule has 0 atom stereocenters. The topological polar surface area (TPSA) is 91.8 Å². The molecule has 8 nitrogen and oxygen atoms in total. The van der Waals surface area contributed by atoms with Crippen molar-refractivity contribution in [3.8, 4) is 5.75 Å². The molecular weight excluding hydrogens is 436 g/mol. The van der Waals surface area contributed by atoms with Gasteiger partial charge in [0.1, 0.15) is 5.82 Å². The normalized spacial score (nSPS) is 15.9. The Hall–Kier alpha value is -3.70. The summed E-state index contributed by atoms with van der Waals surface area (Å²) in [5, 5.41) is 2.40. The number of pyridine rings is 1. The fourth-order valence-electron chi connectivity index (χ4n) is 3.48. The summed E-state index contributed by atoms with van der Waals surface area (Å²) in [6.07, 6.45) is -3.43. The molecule has 32 heavy (non-hydrogen) atoms. The molecule has 1 aromatic carbocycles. The smallest absolute Gasteiger partial charge is 0.419 e. The second-order valence-corrected chi connectivity index (χ2v) is 7.21.